The van der Waals surface area contributed by atoms with Crippen molar-refractivity contribution >= 4 is 17.2 Å². The van der Waals surface area contributed by atoms with Gasteiger partial charge in [-0.05, 0) is 40.2 Å². The lowest BCUT2D eigenvalue weighted by Gasteiger charge is -2.21. The van der Waals surface area contributed by atoms with Crippen LogP contribution in [0.25, 0.3) is 0 Å². The van der Waals surface area contributed by atoms with Crippen molar-refractivity contribution in [2.24, 2.45) is 5.92 Å². The van der Waals surface area contributed by atoms with Gasteiger partial charge in [0.15, 0.2) is 0 Å². The summed E-state index contributed by atoms with van der Waals surface area (Å²) >= 11 is 1.71. The molecule has 3 heterocycles. The van der Waals surface area contributed by atoms with Crippen LogP contribution in [0.1, 0.15) is 38.8 Å². The minimum atomic E-state index is 0.0507. The number of aromatic nitrogens is 2. The van der Waals surface area contributed by atoms with Gasteiger partial charge in [-0.2, -0.15) is 0 Å². The Balaban J connectivity index is 1.55. The van der Waals surface area contributed by atoms with Crippen LogP contribution in [0, 0.1) is 26.7 Å². The molecule has 1 saturated heterocycles. The lowest BCUT2D eigenvalue weighted by Crippen LogP contribution is -2.32. The fourth-order valence-corrected chi connectivity index (χ4v) is 4.20. The monoisotopic (exact) mass is 348 g/mol. The molecule has 2 aromatic heterocycles. The number of hydrogen-bond acceptors (Lipinski definition) is 6. The van der Waals surface area contributed by atoms with Gasteiger partial charge >= 0.3 is 0 Å². The van der Waals surface area contributed by atoms with Crippen molar-refractivity contribution in [3.8, 4) is 0 Å². The van der Waals surface area contributed by atoms with Gasteiger partial charge in [0.05, 0.1) is 16.9 Å². The Morgan fingerprint density at radius 3 is 2.83 bits per heavy atom. The van der Waals surface area contributed by atoms with Crippen molar-refractivity contribution in [1.29, 1.82) is 0 Å². The van der Waals surface area contributed by atoms with E-state index < -0.39 is 0 Å². The highest BCUT2D eigenvalue weighted by Gasteiger charge is 2.30. The zero-order valence-electron chi connectivity index (χ0n) is 14.7. The van der Waals surface area contributed by atoms with E-state index in [1.165, 1.54) is 4.88 Å². The molecular weight excluding hydrogens is 324 g/mol. The van der Waals surface area contributed by atoms with E-state index in [0.29, 0.717) is 22.9 Å². The van der Waals surface area contributed by atoms with Crippen molar-refractivity contribution in [3.05, 3.63) is 33.1 Å². The van der Waals surface area contributed by atoms with E-state index in [-0.39, 0.29) is 5.91 Å². The number of nitrogens with zero attached hydrogens (tertiary/aromatic N) is 4. The molecule has 0 spiro atoms. The van der Waals surface area contributed by atoms with Gasteiger partial charge in [-0.15, -0.1) is 11.3 Å². The lowest BCUT2D eigenvalue weighted by molar-refractivity contribution is 0.0782. The van der Waals surface area contributed by atoms with E-state index in [9.17, 15) is 4.79 Å². The van der Waals surface area contributed by atoms with Crippen molar-refractivity contribution in [2.45, 2.75) is 33.7 Å². The Hall–Kier alpha value is -1.73. The number of hydrogen-bond donors (Lipinski definition) is 0. The van der Waals surface area contributed by atoms with E-state index in [0.717, 1.165) is 38.3 Å². The van der Waals surface area contributed by atoms with Crippen LogP contribution in [0.3, 0.4) is 0 Å². The summed E-state index contributed by atoms with van der Waals surface area (Å²) in [6.07, 6.45) is 1.04. The predicted octanol–water partition coefficient (Wildman–Crippen LogP) is 2.65. The number of likely N-dealkylation sites (tertiary alicyclic amines) is 1. The highest BCUT2D eigenvalue weighted by Crippen LogP contribution is 2.23. The van der Waals surface area contributed by atoms with Crippen molar-refractivity contribution < 1.29 is 9.32 Å². The summed E-state index contributed by atoms with van der Waals surface area (Å²) < 4.78 is 5.13. The first-order valence-electron chi connectivity index (χ1n) is 8.25. The Labute approximate surface area is 146 Å². The second kappa shape index (κ2) is 7.03. The first-order valence-corrected chi connectivity index (χ1v) is 9.13. The molecule has 0 N–H and O–H groups in total. The number of carbonyl (C=O) groups excluding carboxylic acids is 1. The first-order chi connectivity index (χ1) is 11.5. The third kappa shape index (κ3) is 3.52. The maximum Gasteiger partial charge on any atom is 0.259 e. The van der Waals surface area contributed by atoms with Gasteiger partial charge in [-0.3, -0.25) is 4.79 Å². The van der Waals surface area contributed by atoms with Crippen LogP contribution in [0.4, 0.5) is 0 Å². The second-order valence-corrected chi connectivity index (χ2v) is 7.60. The molecule has 24 heavy (non-hydrogen) atoms. The molecular formula is C17H24N4O2S. The minimum Gasteiger partial charge on any atom is -0.361 e. The molecule has 1 aliphatic heterocycles. The maximum absolute atomic E-state index is 12.7. The van der Waals surface area contributed by atoms with Crippen LogP contribution in [0.2, 0.25) is 0 Å². The fraction of sp³-hybridized carbons (Fsp3) is 0.588. The van der Waals surface area contributed by atoms with Crippen LogP contribution in [-0.4, -0.2) is 52.5 Å². The summed E-state index contributed by atoms with van der Waals surface area (Å²) in [5, 5.41) is 3.89. The Kier molecular flexibility index (Phi) is 5.01. The number of amides is 1. The average Bonchev–Trinajstić information content (AvgIpc) is 3.22. The average molecular weight is 348 g/mol. The molecule has 0 bridgehead atoms. The topological polar surface area (TPSA) is 62.5 Å². The number of carbonyl (C=O) groups is 1. The van der Waals surface area contributed by atoms with E-state index in [1.54, 1.807) is 18.3 Å². The van der Waals surface area contributed by atoms with Gasteiger partial charge < -0.3 is 14.3 Å². The summed E-state index contributed by atoms with van der Waals surface area (Å²) in [5.41, 5.74) is 4.33. The molecule has 3 rings (SSSR count). The van der Waals surface area contributed by atoms with Crippen LogP contribution in [0.15, 0.2) is 10.0 Å². The molecule has 1 aliphatic rings. The van der Waals surface area contributed by atoms with Crippen LogP contribution in [0.5, 0.6) is 0 Å². The summed E-state index contributed by atoms with van der Waals surface area (Å²) in [4.78, 5) is 22.6. The molecule has 1 amide bonds. The zero-order chi connectivity index (χ0) is 17.3. The quantitative estimate of drug-likeness (QED) is 0.831. The molecule has 1 fully saturated rings. The van der Waals surface area contributed by atoms with Gasteiger partial charge in [-0.25, -0.2) is 4.98 Å². The van der Waals surface area contributed by atoms with E-state index in [2.05, 4.69) is 29.0 Å². The lowest BCUT2D eigenvalue weighted by atomic mass is 10.1. The van der Waals surface area contributed by atoms with E-state index in [4.69, 9.17) is 4.52 Å². The zero-order valence-corrected chi connectivity index (χ0v) is 15.5. The van der Waals surface area contributed by atoms with E-state index in [1.807, 2.05) is 17.3 Å². The molecule has 0 saturated carbocycles. The van der Waals surface area contributed by atoms with Gasteiger partial charge in [-0.1, -0.05) is 5.16 Å². The molecule has 0 aliphatic carbocycles. The van der Waals surface area contributed by atoms with Crippen molar-refractivity contribution in [2.75, 3.05) is 26.7 Å². The van der Waals surface area contributed by atoms with E-state index >= 15 is 0 Å². The molecule has 6 nitrogen and oxygen atoms in total. The predicted molar refractivity (Wildman–Crippen MR) is 93.2 cm³/mol. The van der Waals surface area contributed by atoms with Gasteiger partial charge in [0, 0.05) is 31.1 Å². The molecule has 0 aromatic carbocycles. The number of thiazole rings is 1. The second-order valence-electron chi connectivity index (χ2n) is 6.66. The third-order valence-corrected chi connectivity index (χ3v) is 5.57. The SMILES string of the molecule is Cc1ncsc1CN(C)C[C@H]1CCN(C(=O)c2c(C)noc2C)C1. The molecule has 2 aromatic rings. The largest absolute Gasteiger partial charge is 0.361 e. The summed E-state index contributed by atoms with van der Waals surface area (Å²) in [6, 6.07) is 0. The van der Waals surface area contributed by atoms with Gasteiger partial charge in [0.25, 0.3) is 5.91 Å². The summed E-state index contributed by atoms with van der Waals surface area (Å²) in [5.74, 6) is 1.17. The Morgan fingerprint density at radius 1 is 1.42 bits per heavy atom. The van der Waals surface area contributed by atoms with Crippen LogP contribution < -0.4 is 0 Å². The third-order valence-electron chi connectivity index (χ3n) is 4.65. The van der Waals surface area contributed by atoms with Crippen molar-refractivity contribution in [3.63, 3.8) is 0 Å². The molecule has 0 unspecified atom stereocenters. The summed E-state index contributed by atoms with van der Waals surface area (Å²) in [6.45, 7) is 9.19. The van der Waals surface area contributed by atoms with Crippen LogP contribution >= 0.6 is 11.3 Å². The van der Waals surface area contributed by atoms with Crippen molar-refractivity contribution in [1.82, 2.24) is 19.9 Å². The summed E-state index contributed by atoms with van der Waals surface area (Å²) in [7, 11) is 2.14. The molecule has 130 valence electrons. The smallest absolute Gasteiger partial charge is 0.259 e. The number of rotatable bonds is 5. The molecule has 1 atom stereocenters. The minimum absolute atomic E-state index is 0.0507. The highest BCUT2D eigenvalue weighted by atomic mass is 32.1. The first kappa shape index (κ1) is 17.1. The Morgan fingerprint density at radius 2 is 2.21 bits per heavy atom. The van der Waals surface area contributed by atoms with Crippen LogP contribution in [-0.2, 0) is 6.54 Å². The molecule has 0 radical (unpaired) electrons. The van der Waals surface area contributed by atoms with Gasteiger partial charge in [0.2, 0.25) is 0 Å². The maximum atomic E-state index is 12.7. The standard InChI is InChI=1S/C17H24N4O2S/c1-11-15(24-10-18-11)9-20(4)7-14-5-6-21(8-14)17(22)16-12(2)19-23-13(16)3/h10,14H,5-9H2,1-4H3/t14-/m1/s1. The number of aryl methyl sites for hydroxylation is 3. The normalized spacial score (nSPS) is 17.9. The molecule has 7 heteroatoms. The fourth-order valence-electron chi connectivity index (χ4n) is 3.34. The Bertz CT molecular complexity index is 704. The van der Waals surface area contributed by atoms with Gasteiger partial charge in [0.1, 0.15) is 11.3 Å². The highest BCUT2D eigenvalue weighted by molar-refractivity contribution is 7.09.